The highest BCUT2D eigenvalue weighted by molar-refractivity contribution is 7.87. The van der Waals surface area contributed by atoms with E-state index in [-0.39, 0.29) is 6.04 Å². The van der Waals surface area contributed by atoms with Crippen molar-refractivity contribution in [2.45, 2.75) is 37.8 Å². The first-order valence-corrected chi connectivity index (χ1v) is 6.76. The Balaban J connectivity index is 2.42. The fraction of sp³-hybridized carbons (Fsp3) is 1.00. The van der Waals surface area contributed by atoms with Crippen LogP contribution >= 0.6 is 0 Å². The van der Waals surface area contributed by atoms with Crippen molar-refractivity contribution in [1.82, 2.24) is 14.3 Å². The van der Waals surface area contributed by atoms with Gasteiger partial charge in [0.05, 0.1) is 0 Å². The van der Waals surface area contributed by atoms with Gasteiger partial charge in [-0.15, -0.1) is 0 Å². The van der Waals surface area contributed by atoms with Gasteiger partial charge in [0, 0.05) is 26.2 Å². The monoisotopic (exact) mass is 235 g/mol. The first-order chi connectivity index (χ1) is 6.95. The maximum Gasteiger partial charge on any atom is 0.279 e. The average molecular weight is 235 g/mol. The van der Waals surface area contributed by atoms with Crippen LogP contribution in [-0.4, -0.2) is 45.9 Å². The Bertz CT molecular complexity index is 282. The maximum atomic E-state index is 11.5. The predicted octanol–water partition coefficient (Wildman–Crippen LogP) is -0.0870. The third-order valence-electron chi connectivity index (χ3n) is 2.93. The zero-order valence-corrected chi connectivity index (χ0v) is 10.5. The molecule has 0 atom stereocenters. The summed E-state index contributed by atoms with van der Waals surface area (Å²) in [7, 11) is 1.78. The summed E-state index contributed by atoms with van der Waals surface area (Å²) in [5.41, 5.74) is 0. The standard InChI is InChI=1S/C9H21N3O2S/c1-10-8-4-6-9(7-5-8)11-15(13,14)12(2)3/h8-11H,4-7H2,1-3H3. The molecule has 0 heterocycles. The zero-order chi connectivity index (χ0) is 11.5. The van der Waals surface area contributed by atoms with E-state index in [2.05, 4.69) is 10.0 Å². The van der Waals surface area contributed by atoms with E-state index in [1.54, 1.807) is 14.1 Å². The van der Waals surface area contributed by atoms with Crippen LogP contribution in [0, 0.1) is 0 Å². The molecule has 0 aliphatic heterocycles. The third-order valence-corrected chi connectivity index (χ3v) is 4.52. The summed E-state index contributed by atoms with van der Waals surface area (Å²) in [6.07, 6.45) is 3.91. The first-order valence-electron chi connectivity index (χ1n) is 5.32. The van der Waals surface area contributed by atoms with Crippen LogP contribution in [0.4, 0.5) is 0 Å². The van der Waals surface area contributed by atoms with Gasteiger partial charge in [-0.25, -0.2) is 0 Å². The second-order valence-electron chi connectivity index (χ2n) is 4.24. The molecule has 1 saturated carbocycles. The maximum absolute atomic E-state index is 11.5. The molecule has 0 aromatic rings. The van der Waals surface area contributed by atoms with Crippen molar-refractivity contribution < 1.29 is 8.42 Å². The molecule has 0 radical (unpaired) electrons. The number of rotatable bonds is 4. The highest BCUT2D eigenvalue weighted by atomic mass is 32.2. The van der Waals surface area contributed by atoms with Crippen molar-refractivity contribution in [3.05, 3.63) is 0 Å². The van der Waals surface area contributed by atoms with Gasteiger partial charge in [0.15, 0.2) is 0 Å². The molecule has 0 aromatic carbocycles. The lowest BCUT2D eigenvalue weighted by atomic mass is 9.92. The van der Waals surface area contributed by atoms with Crippen LogP contribution in [0.15, 0.2) is 0 Å². The van der Waals surface area contributed by atoms with Crippen LogP contribution in [0.25, 0.3) is 0 Å². The van der Waals surface area contributed by atoms with E-state index in [1.807, 2.05) is 7.05 Å². The summed E-state index contributed by atoms with van der Waals surface area (Å²) in [5.74, 6) is 0. The van der Waals surface area contributed by atoms with Crippen molar-refractivity contribution in [1.29, 1.82) is 0 Å². The average Bonchev–Trinajstić information content (AvgIpc) is 2.18. The van der Waals surface area contributed by atoms with Crippen molar-refractivity contribution in [3.63, 3.8) is 0 Å². The van der Waals surface area contributed by atoms with Crippen LogP contribution < -0.4 is 10.0 Å². The highest BCUT2D eigenvalue weighted by Crippen LogP contribution is 2.19. The number of hydrogen-bond donors (Lipinski definition) is 2. The third kappa shape index (κ3) is 3.71. The molecule has 0 bridgehead atoms. The predicted molar refractivity (Wildman–Crippen MR) is 60.8 cm³/mol. The molecule has 1 fully saturated rings. The van der Waals surface area contributed by atoms with Crippen LogP contribution in [0.1, 0.15) is 25.7 Å². The molecule has 1 rings (SSSR count). The lowest BCUT2D eigenvalue weighted by molar-refractivity contribution is 0.338. The van der Waals surface area contributed by atoms with E-state index in [9.17, 15) is 8.42 Å². The molecule has 2 N–H and O–H groups in total. The molecular weight excluding hydrogens is 214 g/mol. The van der Waals surface area contributed by atoms with Gasteiger partial charge in [-0.05, 0) is 32.7 Å². The van der Waals surface area contributed by atoms with E-state index in [0.29, 0.717) is 6.04 Å². The van der Waals surface area contributed by atoms with Crippen LogP contribution in [0.2, 0.25) is 0 Å². The molecular formula is C9H21N3O2S. The van der Waals surface area contributed by atoms with Crippen molar-refractivity contribution in [2.24, 2.45) is 0 Å². The molecule has 6 heteroatoms. The van der Waals surface area contributed by atoms with E-state index in [0.717, 1.165) is 25.7 Å². The van der Waals surface area contributed by atoms with Gasteiger partial charge in [-0.3, -0.25) is 0 Å². The van der Waals surface area contributed by atoms with Crippen molar-refractivity contribution >= 4 is 10.2 Å². The highest BCUT2D eigenvalue weighted by Gasteiger charge is 2.24. The SMILES string of the molecule is CNC1CCC(NS(=O)(=O)N(C)C)CC1. The fourth-order valence-electron chi connectivity index (χ4n) is 1.82. The second kappa shape index (κ2) is 5.25. The Kier molecular flexibility index (Phi) is 4.51. The molecule has 15 heavy (non-hydrogen) atoms. The summed E-state index contributed by atoms with van der Waals surface area (Å²) in [4.78, 5) is 0. The fourth-order valence-corrected chi connectivity index (χ4v) is 2.68. The largest absolute Gasteiger partial charge is 0.317 e. The lowest BCUT2D eigenvalue weighted by Gasteiger charge is -2.29. The van der Waals surface area contributed by atoms with Gasteiger partial charge in [0.1, 0.15) is 0 Å². The Morgan fingerprint density at radius 1 is 1.07 bits per heavy atom. The molecule has 90 valence electrons. The molecule has 0 spiro atoms. The molecule has 0 saturated heterocycles. The topological polar surface area (TPSA) is 61.4 Å². The van der Waals surface area contributed by atoms with E-state index < -0.39 is 10.2 Å². The Labute approximate surface area is 92.4 Å². The smallest absolute Gasteiger partial charge is 0.279 e. The normalized spacial score (nSPS) is 28.3. The summed E-state index contributed by atoms with van der Waals surface area (Å²) >= 11 is 0. The summed E-state index contributed by atoms with van der Waals surface area (Å²) in [6, 6.07) is 0.645. The van der Waals surface area contributed by atoms with Gasteiger partial charge in [-0.1, -0.05) is 0 Å². The Hall–Kier alpha value is -0.170. The Morgan fingerprint density at radius 3 is 1.93 bits per heavy atom. The molecule has 1 aliphatic carbocycles. The zero-order valence-electron chi connectivity index (χ0n) is 9.66. The minimum absolute atomic E-state index is 0.0991. The summed E-state index contributed by atoms with van der Waals surface area (Å²) in [5, 5.41) is 3.22. The minimum Gasteiger partial charge on any atom is -0.317 e. The van der Waals surface area contributed by atoms with E-state index in [4.69, 9.17) is 0 Å². The molecule has 0 unspecified atom stereocenters. The van der Waals surface area contributed by atoms with Gasteiger partial charge >= 0.3 is 0 Å². The van der Waals surface area contributed by atoms with E-state index >= 15 is 0 Å². The lowest BCUT2D eigenvalue weighted by Crippen LogP contribution is -2.45. The summed E-state index contributed by atoms with van der Waals surface area (Å²) < 4.78 is 27.0. The molecule has 1 aliphatic rings. The van der Waals surface area contributed by atoms with Crippen LogP contribution in [-0.2, 0) is 10.2 Å². The number of nitrogens with zero attached hydrogens (tertiary/aromatic N) is 1. The van der Waals surface area contributed by atoms with Crippen molar-refractivity contribution in [2.75, 3.05) is 21.1 Å². The van der Waals surface area contributed by atoms with Gasteiger partial charge in [0.2, 0.25) is 0 Å². The quantitative estimate of drug-likeness (QED) is 0.716. The molecule has 0 aromatic heterocycles. The van der Waals surface area contributed by atoms with E-state index in [1.165, 1.54) is 4.31 Å². The van der Waals surface area contributed by atoms with Crippen LogP contribution in [0.3, 0.4) is 0 Å². The Morgan fingerprint density at radius 2 is 1.53 bits per heavy atom. The van der Waals surface area contributed by atoms with Gasteiger partial charge < -0.3 is 5.32 Å². The molecule has 0 amide bonds. The summed E-state index contributed by atoms with van der Waals surface area (Å²) in [6.45, 7) is 0. The number of nitrogens with one attached hydrogen (secondary N) is 2. The van der Waals surface area contributed by atoms with Gasteiger partial charge in [-0.2, -0.15) is 17.4 Å². The van der Waals surface area contributed by atoms with Crippen LogP contribution in [0.5, 0.6) is 0 Å². The van der Waals surface area contributed by atoms with Crippen molar-refractivity contribution in [3.8, 4) is 0 Å². The second-order valence-corrected chi connectivity index (χ2v) is 6.16. The first kappa shape index (κ1) is 12.9. The number of hydrogen-bond acceptors (Lipinski definition) is 3. The van der Waals surface area contributed by atoms with Gasteiger partial charge in [0.25, 0.3) is 10.2 Å². The minimum atomic E-state index is -3.26. The molecule has 5 nitrogen and oxygen atoms in total.